The van der Waals surface area contributed by atoms with Crippen LogP contribution in [-0.4, -0.2) is 4.57 Å². The molecule has 3 heteroatoms. The van der Waals surface area contributed by atoms with Crippen LogP contribution in [0.2, 0.25) is 0 Å². The smallest absolute Gasteiger partial charge is 0.0714 e. The molecule has 2 heterocycles. The lowest BCUT2D eigenvalue weighted by Gasteiger charge is -2.35. The molecule has 0 saturated heterocycles. The number of fused-ring (bicyclic) bond motifs is 11. The largest absolute Gasteiger partial charge is 0.310 e. The van der Waals surface area contributed by atoms with Crippen molar-refractivity contribution in [1.29, 1.82) is 0 Å². The van der Waals surface area contributed by atoms with Crippen molar-refractivity contribution in [3.05, 3.63) is 277 Å². The molecular weight excluding hydrogens is 841 g/mol. The molecule has 0 radical (unpaired) electrons. The Labute approximate surface area is 398 Å². The van der Waals surface area contributed by atoms with E-state index in [9.17, 15) is 0 Å². The molecule has 318 valence electrons. The van der Waals surface area contributed by atoms with Crippen LogP contribution in [0.15, 0.2) is 255 Å². The normalized spacial score (nSPS) is 12.8. The maximum absolute atomic E-state index is 2.47. The number of hydrogen-bond acceptors (Lipinski definition) is 2. The summed E-state index contributed by atoms with van der Waals surface area (Å²) in [6, 6.07) is 94.3. The lowest BCUT2D eigenvalue weighted by molar-refractivity contribution is 0.768. The van der Waals surface area contributed by atoms with Gasteiger partial charge in [0.05, 0.1) is 16.4 Å². The van der Waals surface area contributed by atoms with E-state index >= 15 is 0 Å². The minimum absolute atomic E-state index is 0.516. The molecule has 2 aromatic heterocycles. The quantitative estimate of drug-likeness (QED) is 0.155. The summed E-state index contributed by atoms with van der Waals surface area (Å²) in [6.07, 6.45) is 0. The van der Waals surface area contributed by atoms with E-state index in [1.807, 2.05) is 11.3 Å². The third-order valence-electron chi connectivity index (χ3n) is 14.4. The van der Waals surface area contributed by atoms with Crippen LogP contribution in [-0.2, 0) is 5.41 Å². The van der Waals surface area contributed by atoms with E-state index in [0.717, 1.165) is 22.7 Å². The van der Waals surface area contributed by atoms with Gasteiger partial charge in [-0.1, -0.05) is 194 Å². The Kier molecular flexibility index (Phi) is 8.71. The van der Waals surface area contributed by atoms with Gasteiger partial charge in [-0.05, 0) is 116 Å². The molecule has 0 atom stereocenters. The monoisotopic (exact) mass is 882 g/mol. The van der Waals surface area contributed by atoms with Gasteiger partial charge < -0.3 is 9.47 Å². The molecular formula is C65H42N2S. The Morgan fingerprint density at radius 1 is 0.353 bits per heavy atom. The Hall–Kier alpha value is -8.50. The molecule has 14 rings (SSSR count). The summed E-state index contributed by atoms with van der Waals surface area (Å²) in [5.74, 6) is 0. The zero-order valence-corrected chi connectivity index (χ0v) is 37.9. The standard InChI is InChI=1S/C65H42N2S/c1-3-18-46(19-4-1)65(47-20-5-2-6-21-47)59-27-12-9-24-53(59)54-38-35-50(41-60(54)65)66(51-36-39-57-58-37-32-44-16-7-8-23-52(44)64(58)68-63(57)42-51)48-33-30-43(31-34-48)45-17-15-22-49(40-45)67-61-28-13-10-25-55(61)56-26-11-14-29-62(56)67/h1-42H. The first-order valence-corrected chi connectivity index (χ1v) is 24.2. The van der Waals surface area contributed by atoms with E-state index < -0.39 is 5.41 Å². The van der Waals surface area contributed by atoms with Crippen molar-refractivity contribution in [1.82, 2.24) is 4.57 Å². The number of hydrogen-bond donors (Lipinski definition) is 0. The second kappa shape index (κ2) is 15.3. The minimum atomic E-state index is -0.516. The van der Waals surface area contributed by atoms with Crippen LogP contribution in [0, 0.1) is 0 Å². The van der Waals surface area contributed by atoms with Crippen molar-refractivity contribution < 1.29 is 0 Å². The lowest BCUT2D eigenvalue weighted by atomic mass is 9.67. The highest BCUT2D eigenvalue weighted by Crippen LogP contribution is 2.57. The summed E-state index contributed by atoms with van der Waals surface area (Å²) >= 11 is 1.89. The maximum atomic E-state index is 2.47. The predicted molar refractivity (Wildman–Crippen MR) is 289 cm³/mol. The zero-order chi connectivity index (χ0) is 44.8. The average molecular weight is 883 g/mol. The second-order valence-electron chi connectivity index (χ2n) is 18.0. The molecule has 0 spiro atoms. The molecule has 0 aliphatic heterocycles. The van der Waals surface area contributed by atoms with Gasteiger partial charge in [0.15, 0.2) is 0 Å². The SMILES string of the molecule is c1ccc(C2(c3ccccc3)c3ccccc3-c3ccc(N(c4ccc(-c5cccc(-n6c7ccccc7c7ccccc76)c5)cc4)c4ccc5c(c4)sc4c6ccccc6ccc54)cc32)cc1. The molecule has 1 aliphatic carbocycles. The fourth-order valence-corrected chi connectivity index (χ4v) is 12.8. The zero-order valence-electron chi connectivity index (χ0n) is 37.1. The fourth-order valence-electron chi connectivity index (χ4n) is 11.5. The Balaban J connectivity index is 0.952. The van der Waals surface area contributed by atoms with Crippen molar-refractivity contribution in [3.8, 4) is 27.9 Å². The maximum Gasteiger partial charge on any atom is 0.0714 e. The van der Waals surface area contributed by atoms with E-state index in [1.54, 1.807) is 0 Å². The van der Waals surface area contributed by atoms with Gasteiger partial charge in [0.25, 0.3) is 0 Å². The molecule has 13 aromatic rings. The minimum Gasteiger partial charge on any atom is -0.310 e. The second-order valence-corrected chi connectivity index (χ2v) is 19.1. The van der Waals surface area contributed by atoms with E-state index in [0.29, 0.717) is 0 Å². The Morgan fingerprint density at radius 2 is 0.941 bits per heavy atom. The number of rotatable bonds is 7. The van der Waals surface area contributed by atoms with Crippen LogP contribution in [0.5, 0.6) is 0 Å². The molecule has 0 bridgehead atoms. The van der Waals surface area contributed by atoms with Gasteiger partial charge in [-0.3, -0.25) is 0 Å². The predicted octanol–water partition coefficient (Wildman–Crippen LogP) is 17.8. The van der Waals surface area contributed by atoms with Crippen molar-refractivity contribution in [2.24, 2.45) is 0 Å². The van der Waals surface area contributed by atoms with E-state index in [2.05, 4.69) is 264 Å². The fraction of sp³-hybridized carbons (Fsp3) is 0.0154. The van der Waals surface area contributed by atoms with E-state index in [-0.39, 0.29) is 0 Å². The summed E-state index contributed by atoms with van der Waals surface area (Å²) in [5.41, 5.74) is 16.4. The van der Waals surface area contributed by atoms with Gasteiger partial charge >= 0.3 is 0 Å². The number of aromatic nitrogens is 1. The molecule has 11 aromatic carbocycles. The molecule has 68 heavy (non-hydrogen) atoms. The molecule has 1 aliphatic rings. The van der Waals surface area contributed by atoms with Crippen LogP contribution in [0.1, 0.15) is 22.3 Å². The average Bonchev–Trinajstić information content (AvgIpc) is 4.06. The number of thiophene rings is 1. The first kappa shape index (κ1) is 38.7. The van der Waals surface area contributed by atoms with Gasteiger partial charge in [0.1, 0.15) is 0 Å². The van der Waals surface area contributed by atoms with Gasteiger partial charge in [0.2, 0.25) is 0 Å². The first-order valence-electron chi connectivity index (χ1n) is 23.4. The van der Waals surface area contributed by atoms with Crippen LogP contribution in [0.3, 0.4) is 0 Å². The van der Waals surface area contributed by atoms with Crippen molar-refractivity contribution >= 4 is 81.1 Å². The van der Waals surface area contributed by atoms with Crippen LogP contribution < -0.4 is 4.90 Å². The summed E-state index contributed by atoms with van der Waals surface area (Å²) in [7, 11) is 0. The topological polar surface area (TPSA) is 8.17 Å². The van der Waals surface area contributed by atoms with Crippen molar-refractivity contribution in [2.45, 2.75) is 5.41 Å². The molecule has 0 saturated carbocycles. The summed E-state index contributed by atoms with van der Waals surface area (Å²) in [4.78, 5) is 2.46. The highest BCUT2D eigenvalue weighted by atomic mass is 32.1. The molecule has 0 N–H and O–H groups in total. The number of para-hydroxylation sites is 2. The summed E-state index contributed by atoms with van der Waals surface area (Å²) in [6.45, 7) is 0. The summed E-state index contributed by atoms with van der Waals surface area (Å²) < 4.78 is 5.00. The highest BCUT2D eigenvalue weighted by molar-refractivity contribution is 7.26. The molecule has 0 amide bonds. The number of benzene rings is 11. The Bertz CT molecular complexity index is 3990. The third kappa shape index (κ3) is 5.76. The van der Waals surface area contributed by atoms with Crippen LogP contribution >= 0.6 is 11.3 Å². The lowest BCUT2D eigenvalue weighted by Crippen LogP contribution is -2.28. The third-order valence-corrected chi connectivity index (χ3v) is 15.7. The number of nitrogens with zero attached hydrogens (tertiary/aromatic N) is 2. The van der Waals surface area contributed by atoms with E-state index in [4.69, 9.17) is 0 Å². The van der Waals surface area contributed by atoms with Crippen LogP contribution in [0.25, 0.3) is 80.7 Å². The van der Waals surface area contributed by atoms with Crippen molar-refractivity contribution in [3.63, 3.8) is 0 Å². The Morgan fingerprint density at radius 3 is 1.69 bits per heavy atom. The first-order chi connectivity index (χ1) is 33.7. The molecule has 0 fully saturated rings. The summed E-state index contributed by atoms with van der Waals surface area (Å²) in [5, 5.41) is 7.70. The van der Waals surface area contributed by atoms with Gasteiger partial charge in [-0.15, -0.1) is 11.3 Å². The van der Waals surface area contributed by atoms with Crippen LogP contribution in [0.4, 0.5) is 17.1 Å². The van der Waals surface area contributed by atoms with Gasteiger partial charge in [-0.2, -0.15) is 0 Å². The van der Waals surface area contributed by atoms with Gasteiger partial charge in [-0.25, -0.2) is 0 Å². The molecule has 2 nitrogen and oxygen atoms in total. The molecule has 0 unspecified atom stereocenters. The van der Waals surface area contributed by atoms with Crippen molar-refractivity contribution in [2.75, 3.05) is 4.90 Å². The van der Waals surface area contributed by atoms with E-state index in [1.165, 1.54) is 97.3 Å². The highest BCUT2D eigenvalue weighted by Gasteiger charge is 2.46. The number of anilines is 3. The van der Waals surface area contributed by atoms with Gasteiger partial charge in [0, 0.05) is 53.7 Å².